The van der Waals surface area contributed by atoms with Crippen molar-refractivity contribution in [3.8, 4) is 0 Å². The monoisotopic (exact) mass is 415 g/mol. The third-order valence-electron chi connectivity index (χ3n) is 3.11. The predicted octanol–water partition coefficient (Wildman–Crippen LogP) is 3.84. The van der Waals surface area contributed by atoms with Crippen LogP contribution in [0.3, 0.4) is 0 Å². The molecule has 0 amide bonds. The van der Waals surface area contributed by atoms with Gasteiger partial charge in [-0.05, 0) is 40.9 Å². The minimum Gasteiger partial charge on any atom is -0.206 e. The molecule has 2 rings (SSSR count). The Hall–Kier alpha value is 0.570. The number of hydrogen-bond acceptors (Lipinski definition) is 3. The lowest BCUT2D eigenvalue weighted by Crippen LogP contribution is -2.40. The van der Waals surface area contributed by atoms with E-state index in [-0.39, 0.29) is 6.04 Å². The Kier molecular flexibility index (Phi) is 5.28. The lowest BCUT2D eigenvalue weighted by molar-refractivity contribution is 0.348. The van der Waals surface area contributed by atoms with E-state index in [1.807, 2.05) is 0 Å². The van der Waals surface area contributed by atoms with Crippen molar-refractivity contribution in [3.05, 3.63) is 15.9 Å². The topological polar surface area (TPSA) is 37.4 Å². The molecule has 1 saturated heterocycles. The quantitative estimate of drug-likeness (QED) is 0.702. The molecular weight excluding hydrogens is 402 g/mol. The summed E-state index contributed by atoms with van der Waals surface area (Å²) in [6, 6.07) is 3.55. The Labute approximate surface area is 129 Å². The van der Waals surface area contributed by atoms with E-state index < -0.39 is 10.0 Å². The molecule has 2 heterocycles. The first kappa shape index (κ1) is 15.0. The van der Waals surface area contributed by atoms with Crippen molar-refractivity contribution >= 4 is 53.2 Å². The minimum absolute atomic E-state index is 0.0818. The van der Waals surface area contributed by atoms with Crippen LogP contribution in [-0.4, -0.2) is 30.6 Å². The van der Waals surface area contributed by atoms with Gasteiger partial charge >= 0.3 is 0 Å². The first-order valence-corrected chi connectivity index (χ1v) is 10.1. The molecule has 0 bridgehead atoms. The van der Waals surface area contributed by atoms with E-state index in [1.54, 1.807) is 16.4 Å². The van der Waals surface area contributed by atoms with Crippen LogP contribution in [0.5, 0.6) is 0 Å². The number of nitrogens with zero attached hydrogens (tertiary/aromatic N) is 1. The molecule has 0 spiro atoms. The van der Waals surface area contributed by atoms with Gasteiger partial charge in [0.2, 0.25) is 0 Å². The van der Waals surface area contributed by atoms with Gasteiger partial charge in [-0.2, -0.15) is 4.31 Å². The Bertz CT molecular complexity index is 501. The molecule has 0 radical (unpaired) electrons. The molecule has 1 aliphatic heterocycles. The summed E-state index contributed by atoms with van der Waals surface area (Å²) in [5.74, 6) is 0. The Morgan fingerprint density at radius 2 is 2.11 bits per heavy atom. The molecule has 0 saturated carbocycles. The summed E-state index contributed by atoms with van der Waals surface area (Å²) in [7, 11) is -3.33. The number of thiophene rings is 1. The van der Waals surface area contributed by atoms with Gasteiger partial charge in [0.15, 0.2) is 0 Å². The zero-order valence-corrected chi connectivity index (χ0v) is 14.6. The van der Waals surface area contributed by atoms with Crippen LogP contribution in [0.25, 0.3) is 0 Å². The molecule has 1 atom stereocenters. The maximum atomic E-state index is 12.6. The number of hydrogen-bond donors (Lipinski definition) is 0. The van der Waals surface area contributed by atoms with Crippen LogP contribution in [0.1, 0.15) is 25.7 Å². The van der Waals surface area contributed by atoms with Gasteiger partial charge in [0.25, 0.3) is 10.0 Å². The summed E-state index contributed by atoms with van der Waals surface area (Å²) in [5, 5.41) is 0.707. The fourth-order valence-corrected chi connectivity index (χ4v) is 6.87. The minimum atomic E-state index is -3.33. The highest BCUT2D eigenvalue weighted by Gasteiger charge is 2.32. The van der Waals surface area contributed by atoms with Crippen LogP contribution in [0.15, 0.2) is 20.1 Å². The Balaban J connectivity index is 2.32. The zero-order chi connectivity index (χ0) is 13.2. The van der Waals surface area contributed by atoms with Gasteiger partial charge < -0.3 is 0 Å². The summed E-state index contributed by atoms with van der Waals surface area (Å²) in [5.41, 5.74) is 0. The molecule has 7 heteroatoms. The van der Waals surface area contributed by atoms with Gasteiger partial charge in [-0.25, -0.2) is 8.42 Å². The maximum absolute atomic E-state index is 12.6. The van der Waals surface area contributed by atoms with E-state index in [0.29, 0.717) is 16.1 Å². The molecular formula is C11H15Br2NO2S2. The molecule has 1 unspecified atom stereocenters. The van der Waals surface area contributed by atoms with Gasteiger partial charge in [-0.3, -0.25) is 0 Å². The fourth-order valence-electron chi connectivity index (χ4n) is 2.17. The highest BCUT2D eigenvalue weighted by Crippen LogP contribution is 2.31. The Morgan fingerprint density at radius 1 is 1.33 bits per heavy atom. The van der Waals surface area contributed by atoms with Crippen LogP contribution < -0.4 is 0 Å². The van der Waals surface area contributed by atoms with Gasteiger partial charge in [0.1, 0.15) is 4.21 Å². The number of sulfonamides is 1. The highest BCUT2D eigenvalue weighted by molar-refractivity contribution is 9.11. The first-order valence-electron chi connectivity index (χ1n) is 5.89. The summed E-state index contributed by atoms with van der Waals surface area (Å²) >= 11 is 8.05. The van der Waals surface area contributed by atoms with Gasteiger partial charge in [-0.15, -0.1) is 11.3 Å². The second-order valence-electron chi connectivity index (χ2n) is 4.33. The van der Waals surface area contributed by atoms with E-state index in [2.05, 4.69) is 31.9 Å². The van der Waals surface area contributed by atoms with Gasteiger partial charge in [-0.1, -0.05) is 28.8 Å². The third kappa shape index (κ3) is 3.17. The molecule has 1 aromatic rings. The first-order chi connectivity index (χ1) is 8.55. The summed E-state index contributed by atoms with van der Waals surface area (Å²) in [6.45, 7) is 0.633. The standard InChI is InChI=1S/C11H15Br2NO2S2/c12-8-9-4-2-1-3-7-14(9)18(15,16)11-6-5-10(13)17-11/h5-6,9H,1-4,7-8H2. The van der Waals surface area contributed by atoms with E-state index in [9.17, 15) is 8.42 Å². The van der Waals surface area contributed by atoms with Crippen LogP contribution in [0, 0.1) is 0 Å². The van der Waals surface area contributed by atoms with Crippen LogP contribution in [0.2, 0.25) is 0 Å². The average molecular weight is 417 g/mol. The molecule has 1 aliphatic rings. The van der Waals surface area contributed by atoms with Crippen LogP contribution >= 0.6 is 43.2 Å². The van der Waals surface area contributed by atoms with E-state index in [4.69, 9.17) is 0 Å². The zero-order valence-electron chi connectivity index (χ0n) is 9.81. The van der Waals surface area contributed by atoms with Crippen molar-refractivity contribution in [2.45, 2.75) is 35.9 Å². The maximum Gasteiger partial charge on any atom is 0.252 e. The highest BCUT2D eigenvalue weighted by atomic mass is 79.9. The van der Waals surface area contributed by atoms with Crippen molar-refractivity contribution in [1.82, 2.24) is 4.31 Å². The second kappa shape index (κ2) is 6.35. The van der Waals surface area contributed by atoms with Crippen molar-refractivity contribution in [2.24, 2.45) is 0 Å². The number of rotatable bonds is 3. The van der Waals surface area contributed by atoms with Crippen molar-refractivity contribution < 1.29 is 8.42 Å². The largest absolute Gasteiger partial charge is 0.252 e. The molecule has 102 valence electrons. The average Bonchev–Trinajstić information content (AvgIpc) is 2.65. The molecule has 3 nitrogen and oxygen atoms in total. The fraction of sp³-hybridized carbons (Fsp3) is 0.636. The molecule has 0 aromatic carbocycles. The van der Waals surface area contributed by atoms with Crippen molar-refractivity contribution in [1.29, 1.82) is 0 Å². The van der Waals surface area contributed by atoms with Crippen molar-refractivity contribution in [2.75, 3.05) is 11.9 Å². The summed E-state index contributed by atoms with van der Waals surface area (Å²) in [4.78, 5) is 0. The lowest BCUT2D eigenvalue weighted by Gasteiger charge is -2.27. The molecule has 1 aromatic heterocycles. The third-order valence-corrected chi connectivity index (χ3v) is 7.90. The number of halogens is 2. The lowest BCUT2D eigenvalue weighted by atomic mass is 10.1. The van der Waals surface area contributed by atoms with Crippen LogP contribution in [0.4, 0.5) is 0 Å². The molecule has 18 heavy (non-hydrogen) atoms. The van der Waals surface area contributed by atoms with E-state index in [0.717, 1.165) is 29.5 Å². The SMILES string of the molecule is O=S(=O)(c1ccc(Br)s1)N1CCCCCC1CBr. The second-order valence-corrected chi connectivity index (χ2v) is 9.56. The molecule has 0 N–H and O–H groups in total. The van der Waals surface area contributed by atoms with Gasteiger partial charge in [0.05, 0.1) is 3.79 Å². The summed E-state index contributed by atoms with van der Waals surface area (Å²) < 4.78 is 28.2. The van der Waals surface area contributed by atoms with Gasteiger partial charge in [0, 0.05) is 17.9 Å². The smallest absolute Gasteiger partial charge is 0.206 e. The normalized spacial score (nSPS) is 22.9. The van der Waals surface area contributed by atoms with Crippen molar-refractivity contribution in [3.63, 3.8) is 0 Å². The van der Waals surface area contributed by atoms with E-state index >= 15 is 0 Å². The number of alkyl halides is 1. The predicted molar refractivity (Wildman–Crippen MR) is 82.0 cm³/mol. The van der Waals surface area contributed by atoms with E-state index in [1.165, 1.54) is 11.3 Å². The summed E-state index contributed by atoms with van der Waals surface area (Å²) in [6.07, 6.45) is 4.12. The molecule has 1 fully saturated rings. The van der Waals surface area contributed by atoms with Crippen LogP contribution in [-0.2, 0) is 10.0 Å². The Morgan fingerprint density at radius 3 is 2.72 bits per heavy atom. The molecule has 0 aliphatic carbocycles.